The van der Waals surface area contributed by atoms with Crippen LogP contribution in [0, 0.1) is 0 Å². The number of aromatic nitrogens is 4. The van der Waals surface area contributed by atoms with Crippen molar-refractivity contribution in [3.05, 3.63) is 55.7 Å². The molecule has 4 rings (SSSR count). The number of halogens is 2. The van der Waals surface area contributed by atoms with E-state index in [-0.39, 0.29) is 5.41 Å². The molecule has 0 spiro atoms. The van der Waals surface area contributed by atoms with E-state index < -0.39 is 0 Å². The van der Waals surface area contributed by atoms with Gasteiger partial charge in [0.25, 0.3) is 0 Å². The van der Waals surface area contributed by atoms with Gasteiger partial charge in [-0.05, 0) is 63.4 Å². The molecule has 0 aliphatic rings. The van der Waals surface area contributed by atoms with Crippen molar-refractivity contribution < 1.29 is 0 Å². The normalized spacial score (nSPS) is 11.9. The quantitative estimate of drug-likeness (QED) is 0.262. The van der Waals surface area contributed by atoms with Gasteiger partial charge >= 0.3 is 0 Å². The first-order valence-corrected chi connectivity index (χ1v) is 12.5. The number of benzene rings is 1. The molecule has 0 atom stereocenters. The Morgan fingerprint density at radius 2 is 1.79 bits per heavy atom. The lowest BCUT2D eigenvalue weighted by Crippen LogP contribution is -2.12. The summed E-state index contributed by atoms with van der Waals surface area (Å²) in [6.45, 7) is 6.50. The molecule has 0 N–H and O–H groups in total. The van der Waals surface area contributed by atoms with Gasteiger partial charge in [-0.2, -0.15) is 0 Å². The molecule has 4 aromatic rings. The van der Waals surface area contributed by atoms with Crippen molar-refractivity contribution in [2.24, 2.45) is 0 Å². The fourth-order valence-corrected chi connectivity index (χ4v) is 7.06. The third-order valence-corrected chi connectivity index (χ3v) is 8.02. The second kappa shape index (κ2) is 8.02. The summed E-state index contributed by atoms with van der Waals surface area (Å²) in [5, 5.41) is 11.8. The van der Waals surface area contributed by atoms with Crippen molar-refractivity contribution in [2.75, 3.05) is 0 Å². The van der Waals surface area contributed by atoms with E-state index in [4.69, 9.17) is 4.98 Å². The van der Waals surface area contributed by atoms with Gasteiger partial charge in [-0.25, -0.2) is 4.98 Å². The van der Waals surface area contributed by atoms with Gasteiger partial charge in [0.1, 0.15) is 0 Å². The predicted molar refractivity (Wildman–Crippen MR) is 125 cm³/mol. The van der Waals surface area contributed by atoms with Crippen LogP contribution in [0.5, 0.6) is 0 Å². The number of thiazole rings is 1. The van der Waals surface area contributed by atoms with E-state index in [9.17, 15) is 0 Å². The highest BCUT2D eigenvalue weighted by atomic mass is 79.9. The van der Waals surface area contributed by atoms with E-state index >= 15 is 0 Å². The van der Waals surface area contributed by atoms with E-state index in [1.807, 2.05) is 18.2 Å². The molecule has 0 bridgehead atoms. The molecule has 144 valence electrons. The Kier molecular flexibility index (Phi) is 5.81. The molecule has 0 saturated heterocycles. The van der Waals surface area contributed by atoms with Gasteiger partial charge in [-0.1, -0.05) is 54.1 Å². The molecule has 0 saturated carbocycles. The van der Waals surface area contributed by atoms with Crippen LogP contribution in [-0.4, -0.2) is 19.7 Å². The van der Waals surface area contributed by atoms with Crippen molar-refractivity contribution in [1.82, 2.24) is 19.7 Å². The third-order valence-electron chi connectivity index (χ3n) is 3.91. The number of nitrogens with zero attached hydrogens (tertiary/aromatic N) is 4. The molecule has 0 fully saturated rings. The Morgan fingerprint density at radius 1 is 1.04 bits per heavy atom. The van der Waals surface area contributed by atoms with E-state index in [2.05, 4.69) is 91.0 Å². The Balaban J connectivity index is 1.79. The van der Waals surface area contributed by atoms with Crippen molar-refractivity contribution >= 4 is 66.3 Å². The summed E-state index contributed by atoms with van der Waals surface area (Å²) in [6.07, 6.45) is 0. The summed E-state index contributed by atoms with van der Waals surface area (Å²) >= 11 is 12.0. The average Bonchev–Trinajstić information content (AvgIpc) is 3.35. The predicted octanol–water partition coefficient (Wildman–Crippen LogP) is 7.43. The van der Waals surface area contributed by atoms with Crippen molar-refractivity contribution in [1.29, 1.82) is 0 Å². The first-order valence-electron chi connectivity index (χ1n) is 8.43. The van der Waals surface area contributed by atoms with Gasteiger partial charge in [-0.3, -0.25) is 4.57 Å². The van der Waals surface area contributed by atoms with E-state index in [0.29, 0.717) is 0 Å². The SMILES string of the molecule is CC(C)(C)c1nc(Sc2nnc(-c3cccs3)n2-c2ccc(Br)cc2)sc1Br. The second-order valence-corrected chi connectivity index (χ2v) is 12.4. The van der Waals surface area contributed by atoms with Crippen LogP contribution in [0.25, 0.3) is 16.4 Å². The highest BCUT2D eigenvalue weighted by Crippen LogP contribution is 2.41. The number of rotatable bonds is 4. The van der Waals surface area contributed by atoms with Crippen LogP contribution in [0.1, 0.15) is 26.5 Å². The van der Waals surface area contributed by atoms with Crippen LogP contribution in [0.4, 0.5) is 0 Å². The zero-order chi connectivity index (χ0) is 19.9. The highest BCUT2D eigenvalue weighted by Gasteiger charge is 2.24. The fraction of sp³-hybridized carbons (Fsp3) is 0.211. The van der Waals surface area contributed by atoms with Crippen LogP contribution in [0.15, 0.2) is 59.5 Å². The van der Waals surface area contributed by atoms with Crippen LogP contribution in [0.2, 0.25) is 0 Å². The smallest absolute Gasteiger partial charge is 0.203 e. The molecule has 4 nitrogen and oxygen atoms in total. The Morgan fingerprint density at radius 3 is 2.39 bits per heavy atom. The molecule has 3 heterocycles. The fourth-order valence-electron chi connectivity index (χ4n) is 2.59. The maximum atomic E-state index is 4.85. The molecule has 0 aliphatic heterocycles. The highest BCUT2D eigenvalue weighted by molar-refractivity contribution is 9.11. The summed E-state index contributed by atoms with van der Waals surface area (Å²) in [5.74, 6) is 0.839. The Bertz CT molecular complexity index is 1090. The minimum atomic E-state index is -0.0182. The lowest BCUT2D eigenvalue weighted by atomic mass is 9.93. The van der Waals surface area contributed by atoms with Crippen LogP contribution in [0.3, 0.4) is 0 Å². The van der Waals surface area contributed by atoms with E-state index in [1.165, 1.54) is 0 Å². The monoisotopic (exact) mass is 554 g/mol. The topological polar surface area (TPSA) is 43.6 Å². The zero-order valence-electron chi connectivity index (χ0n) is 15.3. The average molecular weight is 556 g/mol. The molecule has 1 aromatic carbocycles. The van der Waals surface area contributed by atoms with Gasteiger partial charge in [0.2, 0.25) is 5.16 Å². The van der Waals surface area contributed by atoms with Gasteiger partial charge < -0.3 is 0 Å². The van der Waals surface area contributed by atoms with Crippen LogP contribution in [-0.2, 0) is 5.41 Å². The van der Waals surface area contributed by atoms with Gasteiger partial charge in [0.05, 0.1) is 14.4 Å². The summed E-state index contributed by atoms with van der Waals surface area (Å²) < 4.78 is 5.14. The Hall–Kier alpha value is -1.000. The molecular weight excluding hydrogens is 540 g/mol. The van der Waals surface area contributed by atoms with E-state index in [0.717, 1.165) is 39.8 Å². The summed E-state index contributed by atoms with van der Waals surface area (Å²) in [6, 6.07) is 12.3. The summed E-state index contributed by atoms with van der Waals surface area (Å²) in [5.41, 5.74) is 2.06. The zero-order valence-corrected chi connectivity index (χ0v) is 20.9. The van der Waals surface area contributed by atoms with Crippen LogP contribution >= 0.6 is 66.3 Å². The minimum absolute atomic E-state index is 0.0182. The van der Waals surface area contributed by atoms with Gasteiger partial charge in [-0.15, -0.1) is 21.5 Å². The van der Waals surface area contributed by atoms with E-state index in [1.54, 1.807) is 34.4 Å². The van der Waals surface area contributed by atoms with Gasteiger partial charge in [0, 0.05) is 15.6 Å². The summed E-state index contributed by atoms with van der Waals surface area (Å²) in [7, 11) is 0. The molecule has 3 aromatic heterocycles. The maximum absolute atomic E-state index is 4.85. The number of hydrogen-bond donors (Lipinski definition) is 0. The lowest BCUT2D eigenvalue weighted by Gasteiger charge is -2.15. The molecule has 0 amide bonds. The molecule has 9 heteroatoms. The summed E-state index contributed by atoms with van der Waals surface area (Å²) in [4.78, 5) is 5.93. The minimum Gasteiger partial charge on any atom is -0.269 e. The van der Waals surface area contributed by atoms with Crippen LogP contribution < -0.4 is 0 Å². The molecule has 0 radical (unpaired) electrons. The standard InChI is InChI=1S/C19H16Br2N4S3/c1-19(2,3)14-15(21)27-18(22-14)28-17-24-23-16(13-5-4-10-26-13)25(17)12-8-6-11(20)7-9-12/h4-10H,1-3H3. The molecule has 0 unspecified atom stereocenters. The molecule has 0 aliphatic carbocycles. The largest absolute Gasteiger partial charge is 0.269 e. The lowest BCUT2D eigenvalue weighted by molar-refractivity contribution is 0.566. The van der Waals surface area contributed by atoms with Crippen molar-refractivity contribution in [3.8, 4) is 16.4 Å². The van der Waals surface area contributed by atoms with Crippen molar-refractivity contribution in [2.45, 2.75) is 35.7 Å². The van der Waals surface area contributed by atoms with Crippen molar-refractivity contribution in [3.63, 3.8) is 0 Å². The Labute approximate surface area is 192 Å². The first-order chi connectivity index (χ1) is 13.3. The number of hydrogen-bond acceptors (Lipinski definition) is 6. The second-order valence-electron chi connectivity index (χ2n) is 7.05. The maximum Gasteiger partial charge on any atom is 0.203 e. The third kappa shape index (κ3) is 4.14. The molecule has 28 heavy (non-hydrogen) atoms. The van der Waals surface area contributed by atoms with Gasteiger partial charge in [0.15, 0.2) is 10.2 Å². The molecular formula is C19H16Br2N4S3. The number of thiophene rings is 1. The first kappa shape index (κ1) is 20.3.